The molecule has 1 heterocycles. The molecule has 1 atom stereocenters. The number of benzene rings is 1. The number of aryl methyl sites for hydroxylation is 2. The fourth-order valence-corrected chi connectivity index (χ4v) is 2.85. The van der Waals surface area contributed by atoms with E-state index in [1.165, 1.54) is 0 Å². The standard InChI is InChI=1S/C17H28N2O2/c1-4-11-21-17-14(3)6-5-13(2)16(17)15(20)12-19-9-7-18-8-10-19/h5-6,15,18,20H,4,7-12H2,1-3H3. The van der Waals surface area contributed by atoms with E-state index in [1.807, 2.05) is 6.92 Å². The average Bonchev–Trinajstić information content (AvgIpc) is 2.48. The zero-order chi connectivity index (χ0) is 15.2. The molecule has 1 fully saturated rings. The van der Waals surface area contributed by atoms with E-state index in [9.17, 15) is 5.11 Å². The predicted octanol–water partition coefficient (Wildman–Crippen LogP) is 2.03. The molecule has 1 aliphatic heterocycles. The molecule has 1 unspecified atom stereocenters. The maximum atomic E-state index is 10.7. The summed E-state index contributed by atoms with van der Waals surface area (Å²) in [5.74, 6) is 0.875. The number of β-amino-alcohol motifs (C(OH)–C–C–N with tert-alkyl or cyclic N) is 1. The minimum absolute atomic E-state index is 0.491. The average molecular weight is 292 g/mol. The zero-order valence-corrected chi connectivity index (χ0v) is 13.5. The van der Waals surface area contributed by atoms with Gasteiger partial charge in [0.15, 0.2) is 0 Å². The van der Waals surface area contributed by atoms with E-state index >= 15 is 0 Å². The van der Waals surface area contributed by atoms with Crippen molar-refractivity contribution in [3.63, 3.8) is 0 Å². The van der Waals surface area contributed by atoms with Crippen molar-refractivity contribution in [3.05, 3.63) is 28.8 Å². The Labute approximate surface area is 128 Å². The molecule has 1 aromatic rings. The van der Waals surface area contributed by atoms with Crippen molar-refractivity contribution < 1.29 is 9.84 Å². The normalized spacial score (nSPS) is 17.7. The molecule has 0 saturated carbocycles. The molecule has 0 amide bonds. The van der Waals surface area contributed by atoms with Crippen molar-refractivity contribution in [1.82, 2.24) is 10.2 Å². The molecule has 1 saturated heterocycles. The van der Waals surface area contributed by atoms with Crippen molar-refractivity contribution in [1.29, 1.82) is 0 Å². The van der Waals surface area contributed by atoms with Gasteiger partial charge in [-0.05, 0) is 31.4 Å². The molecular formula is C17H28N2O2. The topological polar surface area (TPSA) is 44.7 Å². The van der Waals surface area contributed by atoms with Crippen LogP contribution in [0.3, 0.4) is 0 Å². The van der Waals surface area contributed by atoms with Crippen LogP contribution in [-0.2, 0) is 0 Å². The molecule has 0 bridgehead atoms. The minimum atomic E-state index is -0.491. The zero-order valence-electron chi connectivity index (χ0n) is 13.5. The number of nitrogens with zero attached hydrogens (tertiary/aromatic N) is 1. The van der Waals surface area contributed by atoms with Crippen LogP contribution in [0.5, 0.6) is 5.75 Å². The summed E-state index contributed by atoms with van der Waals surface area (Å²) >= 11 is 0. The van der Waals surface area contributed by atoms with Gasteiger partial charge >= 0.3 is 0 Å². The van der Waals surface area contributed by atoms with Crippen molar-refractivity contribution in [2.75, 3.05) is 39.3 Å². The lowest BCUT2D eigenvalue weighted by Crippen LogP contribution is -2.45. The van der Waals surface area contributed by atoms with Crippen LogP contribution < -0.4 is 10.1 Å². The van der Waals surface area contributed by atoms with E-state index in [1.54, 1.807) is 0 Å². The van der Waals surface area contributed by atoms with Crippen LogP contribution in [0, 0.1) is 13.8 Å². The molecule has 2 rings (SSSR count). The van der Waals surface area contributed by atoms with Crippen molar-refractivity contribution in [2.45, 2.75) is 33.3 Å². The molecule has 4 nitrogen and oxygen atoms in total. The monoisotopic (exact) mass is 292 g/mol. The van der Waals surface area contributed by atoms with Crippen LogP contribution in [0.1, 0.15) is 36.1 Å². The molecule has 2 N–H and O–H groups in total. The summed E-state index contributed by atoms with van der Waals surface area (Å²) in [7, 11) is 0. The van der Waals surface area contributed by atoms with E-state index in [-0.39, 0.29) is 0 Å². The van der Waals surface area contributed by atoms with Gasteiger partial charge in [0.05, 0.1) is 12.7 Å². The van der Waals surface area contributed by atoms with Crippen LogP contribution in [0.15, 0.2) is 12.1 Å². The van der Waals surface area contributed by atoms with E-state index < -0.39 is 6.10 Å². The highest BCUT2D eigenvalue weighted by atomic mass is 16.5. The third kappa shape index (κ3) is 4.19. The third-order valence-electron chi connectivity index (χ3n) is 4.04. The van der Waals surface area contributed by atoms with Crippen LogP contribution in [0.25, 0.3) is 0 Å². The predicted molar refractivity (Wildman–Crippen MR) is 86.0 cm³/mol. The fourth-order valence-electron chi connectivity index (χ4n) is 2.85. The lowest BCUT2D eigenvalue weighted by atomic mass is 9.98. The van der Waals surface area contributed by atoms with Crippen LogP contribution in [0.4, 0.5) is 0 Å². The van der Waals surface area contributed by atoms with Gasteiger partial charge in [-0.2, -0.15) is 0 Å². The Hall–Kier alpha value is -1.10. The molecular weight excluding hydrogens is 264 g/mol. The molecule has 1 aliphatic rings. The van der Waals surface area contributed by atoms with Gasteiger partial charge in [-0.15, -0.1) is 0 Å². The molecule has 0 aliphatic carbocycles. The van der Waals surface area contributed by atoms with Gasteiger partial charge in [0.1, 0.15) is 5.75 Å². The summed E-state index contributed by atoms with van der Waals surface area (Å²) < 4.78 is 5.92. The summed E-state index contributed by atoms with van der Waals surface area (Å²) in [4.78, 5) is 2.31. The SMILES string of the molecule is CCCOc1c(C)ccc(C)c1C(O)CN1CCNCC1. The van der Waals surface area contributed by atoms with Crippen molar-refractivity contribution in [3.8, 4) is 5.75 Å². The number of ether oxygens (including phenoxy) is 1. The first kappa shape index (κ1) is 16.3. The maximum absolute atomic E-state index is 10.7. The minimum Gasteiger partial charge on any atom is -0.493 e. The molecule has 118 valence electrons. The first-order valence-corrected chi connectivity index (χ1v) is 7.97. The number of piperazine rings is 1. The quantitative estimate of drug-likeness (QED) is 0.842. The Morgan fingerprint density at radius 3 is 2.57 bits per heavy atom. The molecule has 0 aromatic heterocycles. The van der Waals surface area contributed by atoms with E-state index in [4.69, 9.17) is 4.74 Å². The lowest BCUT2D eigenvalue weighted by molar-refractivity contribution is 0.102. The van der Waals surface area contributed by atoms with Crippen molar-refractivity contribution in [2.24, 2.45) is 0 Å². The third-order valence-corrected chi connectivity index (χ3v) is 4.04. The Morgan fingerprint density at radius 2 is 1.90 bits per heavy atom. The summed E-state index contributed by atoms with van der Waals surface area (Å²) in [6.45, 7) is 11.5. The second-order valence-electron chi connectivity index (χ2n) is 5.86. The summed E-state index contributed by atoms with van der Waals surface area (Å²) in [6.07, 6.45) is 0.482. The largest absolute Gasteiger partial charge is 0.493 e. The molecule has 1 aromatic carbocycles. The number of aliphatic hydroxyl groups excluding tert-OH is 1. The summed E-state index contributed by atoms with van der Waals surface area (Å²) in [6, 6.07) is 4.14. The Kier molecular flexibility index (Phi) is 6.03. The number of rotatable bonds is 6. The Bertz CT molecular complexity index is 456. The van der Waals surface area contributed by atoms with Crippen LogP contribution >= 0.6 is 0 Å². The Morgan fingerprint density at radius 1 is 1.24 bits per heavy atom. The smallest absolute Gasteiger partial charge is 0.128 e. The second-order valence-corrected chi connectivity index (χ2v) is 5.86. The van der Waals surface area contributed by atoms with Gasteiger partial charge in [-0.3, -0.25) is 4.90 Å². The fraction of sp³-hybridized carbons (Fsp3) is 0.647. The Balaban J connectivity index is 2.17. The molecule has 0 spiro atoms. The highest BCUT2D eigenvalue weighted by Gasteiger charge is 2.21. The molecule has 4 heteroatoms. The molecule has 0 radical (unpaired) electrons. The van der Waals surface area contributed by atoms with E-state index in [0.29, 0.717) is 13.2 Å². The summed E-state index contributed by atoms with van der Waals surface area (Å²) in [5.41, 5.74) is 3.17. The second kappa shape index (κ2) is 7.78. The highest BCUT2D eigenvalue weighted by molar-refractivity contribution is 5.47. The number of nitrogens with one attached hydrogen (secondary N) is 1. The van der Waals surface area contributed by atoms with E-state index in [2.05, 4.69) is 36.2 Å². The van der Waals surface area contributed by atoms with Crippen LogP contribution in [0.2, 0.25) is 0 Å². The maximum Gasteiger partial charge on any atom is 0.128 e. The number of hydrogen-bond acceptors (Lipinski definition) is 4. The van der Waals surface area contributed by atoms with Gasteiger partial charge in [-0.1, -0.05) is 19.1 Å². The van der Waals surface area contributed by atoms with Gasteiger partial charge in [0.25, 0.3) is 0 Å². The number of aliphatic hydroxyl groups is 1. The first-order valence-electron chi connectivity index (χ1n) is 7.97. The van der Waals surface area contributed by atoms with Gasteiger partial charge in [0.2, 0.25) is 0 Å². The summed E-state index contributed by atoms with van der Waals surface area (Å²) in [5, 5.41) is 14.1. The first-order chi connectivity index (χ1) is 10.1. The van der Waals surface area contributed by atoms with E-state index in [0.717, 1.165) is 55.0 Å². The van der Waals surface area contributed by atoms with Crippen molar-refractivity contribution >= 4 is 0 Å². The van der Waals surface area contributed by atoms with Gasteiger partial charge < -0.3 is 15.2 Å². The lowest BCUT2D eigenvalue weighted by Gasteiger charge is -2.30. The van der Waals surface area contributed by atoms with Gasteiger partial charge in [-0.25, -0.2) is 0 Å². The van der Waals surface area contributed by atoms with Crippen LogP contribution in [-0.4, -0.2) is 49.3 Å². The highest BCUT2D eigenvalue weighted by Crippen LogP contribution is 2.32. The van der Waals surface area contributed by atoms with Gasteiger partial charge in [0, 0.05) is 38.3 Å². The number of hydrogen-bond donors (Lipinski definition) is 2. The molecule has 21 heavy (non-hydrogen) atoms.